The summed E-state index contributed by atoms with van der Waals surface area (Å²) in [5.74, 6) is -3.66. The van der Waals surface area contributed by atoms with Crippen LogP contribution in [-0.2, 0) is 20.0 Å². The number of nitrogens with zero attached hydrogens (tertiary/aromatic N) is 5. The Morgan fingerprint density at radius 1 is 0.723 bits per heavy atom. The number of benzene rings is 2. The zero-order valence-corrected chi connectivity index (χ0v) is 38.1. The molecule has 0 aliphatic carbocycles. The number of sulfonamides is 2. The van der Waals surface area contributed by atoms with Crippen molar-refractivity contribution in [2.45, 2.75) is 78.3 Å². The van der Waals surface area contributed by atoms with Crippen LogP contribution < -0.4 is 25.9 Å². The first-order valence-corrected chi connectivity index (χ1v) is 24.3. The number of carbonyl (C=O) groups excluding carboxylic acids is 1. The van der Waals surface area contributed by atoms with Crippen LogP contribution in [-0.4, -0.2) is 93.5 Å². The minimum Gasteiger partial charge on any atom is -0.478 e. The first kappa shape index (κ1) is 48.0. The monoisotopic (exact) mass is 940 g/mol. The Hall–Kier alpha value is -6.46. The highest BCUT2D eigenvalue weighted by atomic mass is 32.2. The first-order chi connectivity index (χ1) is 30.5. The van der Waals surface area contributed by atoms with Gasteiger partial charge in [-0.15, -0.1) is 0 Å². The van der Waals surface area contributed by atoms with Crippen LogP contribution >= 0.6 is 0 Å². The molecule has 0 saturated carbocycles. The second-order valence-corrected chi connectivity index (χ2v) is 19.5. The number of aromatic nitrogens is 6. The van der Waals surface area contributed by atoms with Crippen LogP contribution in [0, 0.1) is 39.3 Å². The van der Waals surface area contributed by atoms with Gasteiger partial charge in [-0.25, -0.2) is 49.4 Å². The molecule has 4 aromatic heterocycles. The van der Waals surface area contributed by atoms with Crippen molar-refractivity contribution < 1.29 is 40.3 Å². The molecule has 1 amide bonds. The number of amides is 1. The molecule has 8 rings (SSSR count). The zero-order chi connectivity index (χ0) is 47.5. The Morgan fingerprint density at radius 3 is 1.72 bits per heavy atom. The second-order valence-electron chi connectivity index (χ2n) is 16.0. The molecule has 2 atom stereocenters. The third-order valence-corrected chi connectivity index (χ3v) is 12.2. The molecule has 65 heavy (non-hydrogen) atoms. The molecule has 2 aliphatic heterocycles. The van der Waals surface area contributed by atoms with Crippen LogP contribution in [0.4, 0.5) is 20.2 Å². The third kappa shape index (κ3) is 11.1. The lowest BCUT2D eigenvalue weighted by Crippen LogP contribution is -2.39. The summed E-state index contributed by atoms with van der Waals surface area (Å²) in [4.78, 5) is 59.3. The van der Waals surface area contributed by atoms with Crippen molar-refractivity contribution in [3.05, 3.63) is 126 Å². The van der Waals surface area contributed by atoms with Gasteiger partial charge in [0.05, 0.1) is 52.4 Å². The number of anilines is 2. The minimum absolute atomic E-state index is 0.000408. The van der Waals surface area contributed by atoms with Crippen LogP contribution in [0.2, 0.25) is 0 Å². The first-order valence-electron chi connectivity index (χ1n) is 20.5. The van der Waals surface area contributed by atoms with E-state index in [-0.39, 0.29) is 22.4 Å². The molecule has 23 heteroatoms. The van der Waals surface area contributed by atoms with Gasteiger partial charge in [-0.1, -0.05) is 18.6 Å². The average molecular weight is 941 g/mol. The van der Waals surface area contributed by atoms with Crippen molar-refractivity contribution in [1.29, 1.82) is 0 Å². The number of halogens is 2. The molecule has 0 radical (unpaired) electrons. The van der Waals surface area contributed by atoms with E-state index < -0.39 is 60.9 Å². The summed E-state index contributed by atoms with van der Waals surface area (Å²) < 4.78 is 79.6. The molecule has 2 aliphatic rings. The van der Waals surface area contributed by atoms with E-state index in [9.17, 15) is 44.8 Å². The number of hydrogen-bond donors (Lipinski definition) is 6. The van der Waals surface area contributed by atoms with Crippen LogP contribution in [0.5, 0.6) is 0 Å². The number of carbonyl (C=O) groups is 2. The number of nitrogens with one attached hydrogen (secondary N) is 5. The SMILES string of the molecule is CS(=O)(=O)Nc1c(F)cccc1C(=O)O.Cc1nc2cc([C@@H]3CCCCN3)[nH]n2c(=O)c1C.Cc1nc2cc([C@@H]3CCCCN3C(=O)c3cccc(F)c3NS(C)(=O)=O)[nH]n2c(=O)c1C. The second kappa shape index (κ2) is 19.3. The van der Waals surface area contributed by atoms with Gasteiger partial charge in [0.15, 0.2) is 11.3 Å². The smallest absolute Gasteiger partial charge is 0.337 e. The topological polar surface area (TPSA) is 262 Å². The predicted octanol–water partition coefficient (Wildman–Crippen LogP) is 4.87. The lowest BCUT2D eigenvalue weighted by molar-refractivity contribution is 0.0605. The molecule has 19 nitrogen and oxygen atoms in total. The third-order valence-electron chi connectivity index (χ3n) is 11.1. The van der Waals surface area contributed by atoms with Gasteiger partial charge in [0.25, 0.3) is 17.0 Å². The molecule has 2 fully saturated rings. The number of fused-ring (bicyclic) bond motifs is 2. The summed E-state index contributed by atoms with van der Waals surface area (Å²) in [6.45, 7) is 8.61. The van der Waals surface area contributed by atoms with Gasteiger partial charge >= 0.3 is 5.97 Å². The molecular formula is C42H50F2N10O9S2. The van der Waals surface area contributed by atoms with E-state index in [2.05, 4.69) is 30.2 Å². The predicted molar refractivity (Wildman–Crippen MR) is 239 cm³/mol. The van der Waals surface area contributed by atoms with Crippen molar-refractivity contribution >= 4 is 54.6 Å². The van der Waals surface area contributed by atoms with Gasteiger partial charge in [0.2, 0.25) is 20.0 Å². The van der Waals surface area contributed by atoms with Crippen LogP contribution in [0.3, 0.4) is 0 Å². The standard InChI is InChI=1S/C21H24FN5O4S.C13H18N4O.C8H8FNO4S/c1-12-13(2)23-18-11-16(24-27(18)20(12)28)17-9-4-5-10-26(17)21(29)14-7-6-8-15(22)19(14)25-32(3,30)31;1-8-9(2)15-12-7-11(16-17(12)13(8)18)10-5-3-4-6-14-10;1-15(13,14)10-7-5(8(11)12)3-2-4-6(7)9/h6-8,11,17,24-25H,4-5,9-10H2,1-3H3;7,10,14,16H,3-6H2,1-2H3;2-4,10H,1H3,(H,11,12)/t17-;10-;/m00./s1. The number of aromatic carboxylic acids is 1. The molecule has 0 spiro atoms. The molecule has 6 heterocycles. The maximum absolute atomic E-state index is 14.4. The average Bonchev–Trinajstić information content (AvgIpc) is 3.88. The number of rotatable bonds is 8. The normalized spacial score (nSPS) is 16.6. The number of likely N-dealkylation sites (tertiary alicyclic amines) is 1. The van der Waals surface area contributed by atoms with E-state index in [0.29, 0.717) is 52.8 Å². The van der Waals surface area contributed by atoms with Gasteiger partial charge in [0.1, 0.15) is 11.6 Å². The summed E-state index contributed by atoms with van der Waals surface area (Å²) in [5, 5.41) is 18.4. The van der Waals surface area contributed by atoms with E-state index in [1.54, 1.807) is 29.3 Å². The highest BCUT2D eigenvalue weighted by Crippen LogP contribution is 2.34. The number of para-hydroxylation sites is 2. The number of carboxylic acid groups (broad SMARTS) is 1. The van der Waals surface area contributed by atoms with Crippen molar-refractivity contribution in [2.75, 3.05) is 35.0 Å². The maximum atomic E-state index is 14.4. The Labute approximate surface area is 372 Å². The summed E-state index contributed by atoms with van der Waals surface area (Å²) in [7, 11) is -7.50. The molecule has 0 bridgehead atoms. The van der Waals surface area contributed by atoms with E-state index in [1.807, 2.05) is 24.6 Å². The Morgan fingerprint density at radius 2 is 1.22 bits per heavy atom. The van der Waals surface area contributed by atoms with Crippen molar-refractivity contribution in [2.24, 2.45) is 0 Å². The fourth-order valence-electron chi connectivity index (χ4n) is 7.58. The lowest BCUT2D eigenvalue weighted by Gasteiger charge is -2.35. The van der Waals surface area contributed by atoms with Gasteiger partial charge in [-0.05, 0) is 90.6 Å². The molecule has 348 valence electrons. The van der Waals surface area contributed by atoms with Gasteiger partial charge < -0.3 is 15.3 Å². The van der Waals surface area contributed by atoms with Crippen molar-refractivity contribution in [3.8, 4) is 0 Å². The number of aryl methyl sites for hydroxylation is 2. The summed E-state index contributed by atoms with van der Waals surface area (Å²) in [5.41, 5.74) is 3.92. The molecule has 6 aromatic rings. The number of H-pyrrole nitrogens is 2. The summed E-state index contributed by atoms with van der Waals surface area (Å²) in [6.07, 6.45) is 7.53. The van der Waals surface area contributed by atoms with Gasteiger partial charge in [-0.3, -0.25) is 34.0 Å². The Bertz CT molecular complexity index is 3140. The van der Waals surface area contributed by atoms with E-state index >= 15 is 0 Å². The minimum atomic E-state index is -3.80. The number of aromatic amines is 2. The maximum Gasteiger partial charge on any atom is 0.337 e. The van der Waals surface area contributed by atoms with E-state index in [4.69, 9.17) is 5.11 Å². The van der Waals surface area contributed by atoms with Gasteiger partial charge in [0, 0.05) is 47.2 Å². The summed E-state index contributed by atoms with van der Waals surface area (Å²) >= 11 is 0. The largest absolute Gasteiger partial charge is 0.478 e. The zero-order valence-electron chi connectivity index (χ0n) is 36.5. The van der Waals surface area contributed by atoms with Crippen molar-refractivity contribution in [3.63, 3.8) is 0 Å². The fourth-order valence-corrected chi connectivity index (χ4v) is 8.73. The lowest BCUT2D eigenvalue weighted by atomic mass is 9.98. The van der Waals surface area contributed by atoms with E-state index in [1.165, 1.54) is 35.6 Å². The molecule has 6 N–H and O–H groups in total. The Kier molecular flexibility index (Phi) is 14.3. The van der Waals surface area contributed by atoms with Crippen LogP contribution in [0.15, 0.2) is 58.1 Å². The molecular weight excluding hydrogens is 891 g/mol. The number of piperidine rings is 2. The quantitative estimate of drug-likeness (QED) is 0.120. The molecule has 2 aromatic carbocycles. The van der Waals surface area contributed by atoms with Crippen LogP contribution in [0.25, 0.3) is 11.3 Å². The van der Waals surface area contributed by atoms with Gasteiger partial charge in [-0.2, -0.15) is 0 Å². The summed E-state index contributed by atoms with van der Waals surface area (Å²) in [6, 6.07) is 10.8. The highest BCUT2D eigenvalue weighted by molar-refractivity contribution is 7.92. The molecule has 2 saturated heterocycles. The van der Waals surface area contributed by atoms with E-state index in [0.717, 1.165) is 67.9 Å². The highest BCUT2D eigenvalue weighted by Gasteiger charge is 2.32. The molecule has 0 unspecified atom stereocenters. The number of hydrogen-bond acceptors (Lipinski definition) is 11. The fraction of sp³-hybridized carbons (Fsp3) is 0.381. The number of carboxylic acids is 1. The van der Waals surface area contributed by atoms with Crippen molar-refractivity contribution in [1.82, 2.24) is 39.4 Å². The van der Waals surface area contributed by atoms with Crippen LogP contribution in [0.1, 0.15) is 105 Å². The Balaban J connectivity index is 0.000000179.